The van der Waals surface area contributed by atoms with Gasteiger partial charge in [0.25, 0.3) is 0 Å². The fourth-order valence-electron chi connectivity index (χ4n) is 2.57. The summed E-state index contributed by atoms with van der Waals surface area (Å²) in [5.41, 5.74) is 1.17. The predicted octanol–water partition coefficient (Wildman–Crippen LogP) is 6.14. The van der Waals surface area contributed by atoms with Crippen LogP contribution in [0.3, 0.4) is 0 Å². The molecule has 0 saturated heterocycles. The minimum atomic E-state index is -0.733. The summed E-state index contributed by atoms with van der Waals surface area (Å²) >= 11 is 0. The number of para-hydroxylation sites is 1. The van der Waals surface area contributed by atoms with E-state index < -0.39 is 17.4 Å². The molecule has 0 aliphatic rings. The average molecular weight is 377 g/mol. The highest BCUT2D eigenvalue weighted by atomic mass is 35.5. The minimum Gasteiger partial charge on any atom is -0.451 e. The van der Waals surface area contributed by atoms with Crippen molar-refractivity contribution < 1.29 is 13.5 Å². The van der Waals surface area contributed by atoms with Gasteiger partial charge in [0.2, 0.25) is 0 Å². The monoisotopic (exact) mass is 376 g/mol. The second-order valence-electron chi connectivity index (χ2n) is 5.54. The van der Waals surface area contributed by atoms with Crippen LogP contribution in [-0.2, 0) is 0 Å². The molecule has 136 valence electrons. The summed E-state index contributed by atoms with van der Waals surface area (Å²) in [5, 5.41) is 3.24. The van der Waals surface area contributed by atoms with Crippen LogP contribution >= 0.6 is 12.4 Å². The van der Waals surface area contributed by atoms with E-state index in [2.05, 4.69) is 10.3 Å². The van der Waals surface area contributed by atoms with Gasteiger partial charge in [0.1, 0.15) is 5.75 Å². The SMILES string of the molecule is CCC(Nc1ccncc1)c1ccc(F)c(Oc2ccccc2)c1F.Cl. The first-order chi connectivity index (χ1) is 12.2. The number of benzene rings is 2. The standard InChI is InChI=1S/C20H18F2N2O.ClH/c1-2-18(24-14-10-12-23-13-11-14)16-8-9-17(21)20(19(16)22)25-15-6-4-3-5-7-15;/h3-13,18H,2H2,1H3,(H,23,24);1H. The fourth-order valence-corrected chi connectivity index (χ4v) is 2.57. The second kappa shape index (κ2) is 9.15. The molecule has 1 N–H and O–H groups in total. The third-order valence-electron chi connectivity index (χ3n) is 3.85. The van der Waals surface area contributed by atoms with Gasteiger partial charge in [-0.1, -0.05) is 31.2 Å². The van der Waals surface area contributed by atoms with Crippen LogP contribution in [0, 0.1) is 11.6 Å². The lowest BCUT2D eigenvalue weighted by Crippen LogP contribution is -2.12. The van der Waals surface area contributed by atoms with Crippen LogP contribution < -0.4 is 10.1 Å². The molecule has 26 heavy (non-hydrogen) atoms. The molecule has 1 unspecified atom stereocenters. The minimum absolute atomic E-state index is 0. The molecule has 0 fully saturated rings. The fraction of sp³-hybridized carbons (Fsp3) is 0.150. The summed E-state index contributed by atoms with van der Waals surface area (Å²) in [7, 11) is 0. The van der Waals surface area contributed by atoms with Crippen molar-refractivity contribution >= 4 is 18.1 Å². The largest absolute Gasteiger partial charge is 0.451 e. The van der Waals surface area contributed by atoms with Crippen LogP contribution in [-0.4, -0.2) is 4.98 Å². The molecule has 2 aromatic carbocycles. The zero-order chi connectivity index (χ0) is 17.6. The lowest BCUT2D eigenvalue weighted by molar-refractivity contribution is 0.402. The Hall–Kier alpha value is -2.66. The lowest BCUT2D eigenvalue weighted by Gasteiger charge is -2.20. The van der Waals surface area contributed by atoms with Gasteiger partial charge in [-0.3, -0.25) is 4.98 Å². The number of nitrogens with one attached hydrogen (secondary N) is 1. The van der Waals surface area contributed by atoms with Crippen LogP contribution in [0.1, 0.15) is 24.9 Å². The smallest absolute Gasteiger partial charge is 0.198 e. The van der Waals surface area contributed by atoms with E-state index >= 15 is 0 Å². The van der Waals surface area contributed by atoms with Crippen LogP contribution in [0.15, 0.2) is 67.0 Å². The summed E-state index contributed by atoms with van der Waals surface area (Å²) < 4.78 is 34.5. The van der Waals surface area contributed by atoms with Crippen LogP contribution in [0.5, 0.6) is 11.5 Å². The van der Waals surface area contributed by atoms with Gasteiger partial charge in [0, 0.05) is 23.6 Å². The quantitative estimate of drug-likeness (QED) is 0.561. The molecule has 3 nitrogen and oxygen atoms in total. The molecule has 0 saturated carbocycles. The van der Waals surface area contributed by atoms with Crippen LogP contribution in [0.4, 0.5) is 14.5 Å². The highest BCUT2D eigenvalue weighted by Gasteiger charge is 2.21. The van der Waals surface area contributed by atoms with Crippen molar-refractivity contribution in [3.8, 4) is 11.5 Å². The van der Waals surface area contributed by atoms with E-state index in [0.29, 0.717) is 17.7 Å². The van der Waals surface area contributed by atoms with E-state index in [1.54, 1.807) is 48.8 Å². The van der Waals surface area contributed by atoms with E-state index in [1.807, 2.05) is 13.0 Å². The third kappa shape index (κ3) is 4.49. The molecule has 1 aromatic heterocycles. The predicted molar refractivity (Wildman–Crippen MR) is 101 cm³/mol. The maximum Gasteiger partial charge on any atom is 0.198 e. The average Bonchev–Trinajstić information content (AvgIpc) is 2.65. The molecule has 0 amide bonds. The van der Waals surface area contributed by atoms with Gasteiger partial charge < -0.3 is 10.1 Å². The molecule has 0 bridgehead atoms. The number of nitrogens with zero attached hydrogens (tertiary/aromatic N) is 1. The number of anilines is 1. The Balaban J connectivity index is 0.00000243. The molecule has 0 radical (unpaired) electrons. The topological polar surface area (TPSA) is 34.2 Å². The van der Waals surface area contributed by atoms with Gasteiger partial charge >= 0.3 is 0 Å². The summed E-state index contributed by atoms with van der Waals surface area (Å²) in [5.74, 6) is -1.44. The number of hydrogen-bond donors (Lipinski definition) is 1. The van der Waals surface area contributed by atoms with E-state index in [-0.39, 0.29) is 18.4 Å². The molecular formula is C20H19ClF2N2O. The van der Waals surface area contributed by atoms with Gasteiger partial charge in [-0.25, -0.2) is 8.78 Å². The molecule has 1 heterocycles. The van der Waals surface area contributed by atoms with Crippen LogP contribution in [0.2, 0.25) is 0 Å². The van der Waals surface area contributed by atoms with Crippen molar-refractivity contribution in [1.82, 2.24) is 4.98 Å². The molecule has 3 aromatic rings. The highest BCUT2D eigenvalue weighted by molar-refractivity contribution is 5.85. The Kier molecular flexibility index (Phi) is 6.92. The summed E-state index contributed by atoms with van der Waals surface area (Å²) in [6.07, 6.45) is 3.93. The lowest BCUT2D eigenvalue weighted by atomic mass is 10.0. The van der Waals surface area contributed by atoms with Crippen molar-refractivity contribution in [2.45, 2.75) is 19.4 Å². The van der Waals surface area contributed by atoms with Gasteiger partial charge in [0.15, 0.2) is 17.4 Å². The summed E-state index contributed by atoms with van der Waals surface area (Å²) in [6.45, 7) is 1.93. The van der Waals surface area contributed by atoms with Gasteiger partial charge in [-0.05, 0) is 36.8 Å². The molecular weight excluding hydrogens is 358 g/mol. The molecule has 0 aliphatic heterocycles. The Morgan fingerprint density at radius 1 is 1.00 bits per heavy atom. The van der Waals surface area contributed by atoms with Crippen LogP contribution in [0.25, 0.3) is 0 Å². The van der Waals surface area contributed by atoms with Crippen molar-refractivity contribution in [2.75, 3.05) is 5.32 Å². The Bertz CT molecular complexity index is 832. The highest BCUT2D eigenvalue weighted by Crippen LogP contribution is 2.34. The maximum absolute atomic E-state index is 14.9. The van der Waals surface area contributed by atoms with E-state index in [1.165, 1.54) is 12.1 Å². The van der Waals surface area contributed by atoms with Gasteiger partial charge in [-0.15, -0.1) is 12.4 Å². The third-order valence-corrected chi connectivity index (χ3v) is 3.85. The number of pyridine rings is 1. The van der Waals surface area contributed by atoms with Crippen molar-refractivity contribution in [2.24, 2.45) is 0 Å². The second-order valence-corrected chi connectivity index (χ2v) is 5.54. The van der Waals surface area contributed by atoms with E-state index in [0.717, 1.165) is 5.69 Å². The molecule has 6 heteroatoms. The molecule has 0 aliphatic carbocycles. The van der Waals surface area contributed by atoms with Crippen molar-refractivity contribution in [3.05, 3.63) is 84.2 Å². The first-order valence-corrected chi connectivity index (χ1v) is 8.06. The van der Waals surface area contributed by atoms with Gasteiger partial charge in [-0.2, -0.15) is 0 Å². The summed E-state index contributed by atoms with van der Waals surface area (Å²) in [6, 6.07) is 14.6. The first kappa shape index (κ1) is 19.7. The first-order valence-electron chi connectivity index (χ1n) is 8.06. The van der Waals surface area contributed by atoms with Crippen molar-refractivity contribution in [1.29, 1.82) is 0 Å². The Labute approximate surface area is 157 Å². The zero-order valence-electron chi connectivity index (χ0n) is 14.2. The molecule has 3 rings (SSSR count). The number of halogens is 3. The Morgan fingerprint density at radius 3 is 2.35 bits per heavy atom. The number of rotatable bonds is 6. The molecule has 1 atom stereocenters. The zero-order valence-corrected chi connectivity index (χ0v) is 15.0. The normalized spacial score (nSPS) is 11.3. The number of aromatic nitrogens is 1. The van der Waals surface area contributed by atoms with E-state index in [4.69, 9.17) is 4.74 Å². The summed E-state index contributed by atoms with van der Waals surface area (Å²) in [4.78, 5) is 3.96. The number of hydrogen-bond acceptors (Lipinski definition) is 3. The number of ether oxygens (including phenoxy) is 1. The molecule has 0 spiro atoms. The van der Waals surface area contributed by atoms with Gasteiger partial charge in [0.05, 0.1) is 6.04 Å². The van der Waals surface area contributed by atoms with Crippen molar-refractivity contribution in [3.63, 3.8) is 0 Å². The Morgan fingerprint density at radius 2 is 1.69 bits per heavy atom. The van der Waals surface area contributed by atoms with E-state index in [9.17, 15) is 8.78 Å². The maximum atomic E-state index is 14.9.